The SMILES string of the molecule is COC(=O)CC[C@H]1CN(S(=O)(=O)c2cccc(C(F)(F)F)c2)c2cc(/C=C(\C)c3c(F)cccc3Cl)ccc2O1. The maximum Gasteiger partial charge on any atom is 0.416 e. The van der Waals surface area contributed by atoms with E-state index >= 15 is 0 Å². The highest BCUT2D eigenvalue weighted by Gasteiger charge is 2.37. The lowest BCUT2D eigenvalue weighted by atomic mass is 10.0. The van der Waals surface area contributed by atoms with Gasteiger partial charge in [-0.05, 0) is 66.9 Å². The van der Waals surface area contributed by atoms with Crippen molar-refractivity contribution in [1.29, 1.82) is 0 Å². The second kappa shape index (κ2) is 11.5. The number of benzene rings is 3. The number of nitrogens with zero attached hydrogens (tertiary/aromatic N) is 1. The van der Waals surface area contributed by atoms with Gasteiger partial charge in [0.25, 0.3) is 10.0 Å². The zero-order valence-electron chi connectivity index (χ0n) is 21.3. The van der Waals surface area contributed by atoms with E-state index in [1.807, 2.05) is 0 Å². The number of carbonyl (C=O) groups excluding carboxylic acids is 1. The number of allylic oxidation sites excluding steroid dienone is 1. The Morgan fingerprint density at radius 1 is 1.15 bits per heavy atom. The minimum Gasteiger partial charge on any atom is -0.486 e. The fourth-order valence-corrected chi connectivity index (χ4v) is 6.19. The van der Waals surface area contributed by atoms with Gasteiger partial charge in [-0.15, -0.1) is 0 Å². The van der Waals surface area contributed by atoms with Crippen molar-refractivity contribution in [3.63, 3.8) is 0 Å². The van der Waals surface area contributed by atoms with Crippen LogP contribution in [0.1, 0.15) is 36.5 Å². The number of sulfonamides is 1. The number of ether oxygens (including phenoxy) is 2. The van der Waals surface area contributed by atoms with Gasteiger partial charge in [0.05, 0.1) is 34.8 Å². The van der Waals surface area contributed by atoms with Crippen LogP contribution in [0.25, 0.3) is 11.6 Å². The van der Waals surface area contributed by atoms with Crippen LogP contribution in [0, 0.1) is 5.82 Å². The van der Waals surface area contributed by atoms with Crippen LogP contribution in [-0.4, -0.2) is 34.1 Å². The molecule has 0 amide bonds. The van der Waals surface area contributed by atoms with E-state index in [2.05, 4.69) is 4.74 Å². The Morgan fingerprint density at radius 2 is 1.88 bits per heavy atom. The van der Waals surface area contributed by atoms with Crippen molar-refractivity contribution in [2.45, 2.75) is 36.9 Å². The molecule has 0 saturated heterocycles. The van der Waals surface area contributed by atoms with E-state index in [1.54, 1.807) is 19.1 Å². The summed E-state index contributed by atoms with van der Waals surface area (Å²) in [6.45, 7) is 1.37. The molecule has 3 aromatic carbocycles. The van der Waals surface area contributed by atoms with E-state index < -0.39 is 44.5 Å². The van der Waals surface area contributed by atoms with Crippen LogP contribution in [0.15, 0.2) is 65.6 Å². The zero-order valence-corrected chi connectivity index (χ0v) is 22.9. The highest BCUT2D eigenvalue weighted by molar-refractivity contribution is 7.92. The molecule has 3 aromatic rings. The van der Waals surface area contributed by atoms with Gasteiger partial charge in [0.2, 0.25) is 0 Å². The first-order valence-electron chi connectivity index (χ1n) is 12.0. The molecule has 0 aliphatic carbocycles. The Hall–Kier alpha value is -3.57. The summed E-state index contributed by atoms with van der Waals surface area (Å²) in [5.74, 6) is -0.912. The topological polar surface area (TPSA) is 72.9 Å². The van der Waals surface area contributed by atoms with Gasteiger partial charge in [-0.3, -0.25) is 9.10 Å². The Labute approximate surface area is 233 Å². The third kappa shape index (κ3) is 6.26. The van der Waals surface area contributed by atoms with Crippen molar-refractivity contribution in [2.75, 3.05) is 18.0 Å². The Kier molecular flexibility index (Phi) is 8.46. The molecule has 212 valence electrons. The number of carbonyl (C=O) groups is 1. The molecule has 0 N–H and O–H groups in total. The smallest absolute Gasteiger partial charge is 0.416 e. The minimum atomic E-state index is -4.75. The summed E-state index contributed by atoms with van der Waals surface area (Å²) in [6.07, 6.45) is -3.89. The number of hydrogen-bond donors (Lipinski definition) is 0. The van der Waals surface area contributed by atoms with Crippen LogP contribution in [0.3, 0.4) is 0 Å². The standard InChI is InChI=1S/C28H24ClF4NO5S/c1-17(27-22(29)7-4-8-23(27)30)13-18-9-11-25-24(14-18)34(16-20(39-25)10-12-26(35)38-2)40(36,37)21-6-3-5-19(15-21)28(31,32)33/h3-9,11,13-15,20H,10,12,16H2,1-2H3/b17-13+/t20-/m0/s1. The van der Waals surface area contributed by atoms with Crippen molar-refractivity contribution in [1.82, 2.24) is 0 Å². The summed E-state index contributed by atoms with van der Waals surface area (Å²) >= 11 is 6.18. The first-order valence-corrected chi connectivity index (χ1v) is 13.8. The quantitative estimate of drug-likeness (QED) is 0.167. The first kappa shape index (κ1) is 29.4. The molecule has 1 atom stereocenters. The Balaban J connectivity index is 1.79. The molecule has 0 fully saturated rings. The molecule has 0 radical (unpaired) electrons. The third-order valence-corrected chi connectivity index (χ3v) is 8.39. The fraction of sp³-hybridized carbons (Fsp3) is 0.250. The Morgan fingerprint density at radius 3 is 2.55 bits per heavy atom. The van der Waals surface area contributed by atoms with E-state index in [4.69, 9.17) is 16.3 Å². The predicted octanol–water partition coefficient (Wildman–Crippen LogP) is 6.97. The van der Waals surface area contributed by atoms with Crippen LogP contribution < -0.4 is 9.04 Å². The van der Waals surface area contributed by atoms with E-state index in [1.165, 1.54) is 37.4 Å². The van der Waals surface area contributed by atoms with Crippen LogP contribution >= 0.6 is 11.6 Å². The van der Waals surface area contributed by atoms with Gasteiger partial charge < -0.3 is 9.47 Å². The number of fused-ring (bicyclic) bond motifs is 1. The second-order valence-electron chi connectivity index (χ2n) is 9.07. The van der Waals surface area contributed by atoms with Crippen LogP contribution in [-0.2, 0) is 25.7 Å². The summed E-state index contributed by atoms with van der Waals surface area (Å²) in [5.41, 5.74) is 0.0696. The van der Waals surface area contributed by atoms with Gasteiger partial charge in [0.1, 0.15) is 17.7 Å². The molecule has 0 spiro atoms. The minimum absolute atomic E-state index is 0.0582. The lowest BCUT2D eigenvalue weighted by Gasteiger charge is -2.35. The molecule has 0 aromatic heterocycles. The van der Waals surface area contributed by atoms with E-state index in [0.29, 0.717) is 17.2 Å². The van der Waals surface area contributed by atoms with E-state index in [0.717, 1.165) is 22.5 Å². The fourth-order valence-electron chi connectivity index (χ4n) is 4.33. The van der Waals surface area contributed by atoms with Crippen molar-refractivity contribution >= 4 is 44.9 Å². The number of esters is 1. The number of rotatable bonds is 7. The molecule has 0 saturated carbocycles. The third-order valence-electron chi connectivity index (χ3n) is 6.30. The highest BCUT2D eigenvalue weighted by atomic mass is 35.5. The first-order chi connectivity index (χ1) is 18.8. The molecule has 4 rings (SSSR count). The van der Waals surface area contributed by atoms with Gasteiger partial charge in [0.15, 0.2) is 0 Å². The summed E-state index contributed by atoms with van der Waals surface area (Å²) < 4.78 is 93.6. The lowest BCUT2D eigenvalue weighted by molar-refractivity contribution is -0.141. The van der Waals surface area contributed by atoms with Crippen molar-refractivity contribution in [3.8, 4) is 5.75 Å². The van der Waals surface area contributed by atoms with Gasteiger partial charge in [0, 0.05) is 12.0 Å². The maximum atomic E-state index is 14.5. The highest BCUT2D eigenvalue weighted by Crippen LogP contribution is 2.40. The molecule has 0 unspecified atom stereocenters. The van der Waals surface area contributed by atoms with Crippen molar-refractivity contribution < 1.29 is 40.2 Å². The number of alkyl halides is 3. The van der Waals surface area contributed by atoms with Crippen molar-refractivity contribution in [3.05, 3.63) is 88.2 Å². The second-order valence-corrected chi connectivity index (χ2v) is 11.3. The predicted molar refractivity (Wildman–Crippen MR) is 143 cm³/mol. The monoisotopic (exact) mass is 597 g/mol. The number of hydrogen-bond acceptors (Lipinski definition) is 5. The average molecular weight is 598 g/mol. The summed E-state index contributed by atoms with van der Waals surface area (Å²) in [7, 11) is -3.29. The number of anilines is 1. The molecule has 40 heavy (non-hydrogen) atoms. The van der Waals surface area contributed by atoms with E-state index in [9.17, 15) is 30.8 Å². The molecule has 0 bridgehead atoms. The van der Waals surface area contributed by atoms with Crippen molar-refractivity contribution in [2.24, 2.45) is 0 Å². The molecular weight excluding hydrogens is 574 g/mol. The average Bonchev–Trinajstić information content (AvgIpc) is 2.90. The molecule has 1 aliphatic heterocycles. The summed E-state index contributed by atoms with van der Waals surface area (Å²) in [4.78, 5) is 11.1. The van der Waals surface area contributed by atoms with Gasteiger partial charge in [-0.2, -0.15) is 13.2 Å². The van der Waals surface area contributed by atoms with Crippen LogP contribution in [0.5, 0.6) is 5.75 Å². The number of halogens is 5. The molecule has 1 aliphatic rings. The molecular formula is C28H24ClF4NO5S. The summed E-state index contributed by atoms with van der Waals surface area (Å²) in [6, 6.07) is 12.3. The summed E-state index contributed by atoms with van der Waals surface area (Å²) in [5, 5.41) is 0.192. The normalized spacial score (nSPS) is 15.8. The zero-order chi connectivity index (χ0) is 29.2. The maximum absolute atomic E-state index is 14.5. The van der Waals surface area contributed by atoms with Gasteiger partial charge in [-0.1, -0.05) is 35.9 Å². The van der Waals surface area contributed by atoms with Crippen LogP contribution in [0.2, 0.25) is 5.02 Å². The van der Waals surface area contributed by atoms with Crippen LogP contribution in [0.4, 0.5) is 23.2 Å². The van der Waals surface area contributed by atoms with E-state index in [-0.39, 0.29) is 41.4 Å². The molecule has 12 heteroatoms. The molecule has 6 nitrogen and oxygen atoms in total. The number of methoxy groups -OCH3 is 1. The van der Waals surface area contributed by atoms with Gasteiger partial charge in [-0.25, -0.2) is 12.8 Å². The lowest BCUT2D eigenvalue weighted by Crippen LogP contribution is -2.43. The van der Waals surface area contributed by atoms with Gasteiger partial charge >= 0.3 is 12.1 Å². The Bertz CT molecular complexity index is 1550. The largest absolute Gasteiger partial charge is 0.486 e. The molecule has 1 heterocycles.